The van der Waals surface area contributed by atoms with Crippen molar-refractivity contribution in [3.8, 4) is 11.5 Å². The number of nitrogens with zero attached hydrogens (tertiary/aromatic N) is 1. The van der Waals surface area contributed by atoms with Gasteiger partial charge in [-0.2, -0.15) is 0 Å². The van der Waals surface area contributed by atoms with E-state index in [1.165, 1.54) is 0 Å². The summed E-state index contributed by atoms with van der Waals surface area (Å²) < 4.78 is 12.6. The zero-order chi connectivity index (χ0) is 18.6. The average Bonchev–Trinajstić information content (AvgIpc) is 3.06. The van der Waals surface area contributed by atoms with E-state index < -0.39 is 0 Å². The topological polar surface area (TPSA) is 38.8 Å². The highest BCUT2D eigenvalue weighted by Gasteiger charge is 2.30. The Morgan fingerprint density at radius 2 is 1.93 bits per heavy atom. The number of hydrogen-bond donors (Lipinski definition) is 0. The molecule has 0 spiro atoms. The number of hydrogen-bond acceptors (Lipinski definition) is 4. The Hall–Kier alpha value is -1.66. The van der Waals surface area contributed by atoms with Crippen molar-refractivity contribution in [1.82, 2.24) is 4.90 Å². The lowest BCUT2D eigenvalue weighted by Crippen LogP contribution is -2.32. The van der Waals surface area contributed by atoms with Gasteiger partial charge in [0.25, 0.3) is 0 Å². The summed E-state index contributed by atoms with van der Waals surface area (Å²) in [6.07, 6.45) is 2.92. The summed E-state index contributed by atoms with van der Waals surface area (Å²) in [7, 11) is 0. The van der Waals surface area contributed by atoms with Gasteiger partial charge in [-0.1, -0.05) is 18.2 Å². The molecule has 2 aromatic rings. The molecule has 0 bridgehead atoms. The van der Waals surface area contributed by atoms with Gasteiger partial charge in [0.2, 0.25) is 5.91 Å². The van der Waals surface area contributed by atoms with Gasteiger partial charge in [-0.3, -0.25) is 4.79 Å². The van der Waals surface area contributed by atoms with Crippen LogP contribution in [0.25, 0.3) is 0 Å². The van der Waals surface area contributed by atoms with Crippen LogP contribution in [-0.2, 0) is 4.79 Å². The molecule has 2 aliphatic heterocycles. The maximum atomic E-state index is 12.9. The summed E-state index contributed by atoms with van der Waals surface area (Å²) in [4.78, 5) is 16.0. The third-order valence-electron chi connectivity index (χ3n) is 4.92. The minimum atomic E-state index is 0.120. The van der Waals surface area contributed by atoms with E-state index in [2.05, 4.69) is 28.1 Å². The van der Waals surface area contributed by atoms with Gasteiger partial charge in [0, 0.05) is 22.3 Å². The van der Waals surface area contributed by atoms with Gasteiger partial charge < -0.3 is 14.4 Å². The zero-order valence-electron chi connectivity index (χ0n) is 15.0. The van der Waals surface area contributed by atoms with Crippen molar-refractivity contribution < 1.29 is 14.3 Å². The van der Waals surface area contributed by atoms with Crippen LogP contribution in [0.15, 0.2) is 51.8 Å². The molecule has 1 atom stereocenters. The summed E-state index contributed by atoms with van der Waals surface area (Å²) in [6, 6.07) is 14.2. The van der Waals surface area contributed by atoms with Crippen LogP contribution in [0.3, 0.4) is 0 Å². The summed E-state index contributed by atoms with van der Waals surface area (Å²) in [5, 5.41) is 0. The van der Waals surface area contributed by atoms with E-state index in [1.807, 2.05) is 35.2 Å². The largest absolute Gasteiger partial charge is 0.490 e. The molecule has 1 saturated heterocycles. The van der Waals surface area contributed by atoms with Crippen LogP contribution in [0.4, 0.5) is 0 Å². The molecule has 2 aromatic carbocycles. The summed E-state index contributed by atoms with van der Waals surface area (Å²) in [6.45, 7) is 2.17. The van der Waals surface area contributed by atoms with Crippen molar-refractivity contribution in [2.24, 2.45) is 0 Å². The van der Waals surface area contributed by atoms with Gasteiger partial charge in [-0.05, 0) is 58.6 Å². The molecule has 142 valence electrons. The molecule has 4 nitrogen and oxygen atoms in total. The smallest absolute Gasteiger partial charge is 0.233 e. The van der Waals surface area contributed by atoms with E-state index in [9.17, 15) is 4.79 Å². The average molecular weight is 448 g/mol. The van der Waals surface area contributed by atoms with Crippen molar-refractivity contribution in [3.63, 3.8) is 0 Å². The molecular formula is C21H22BrNO3S. The molecule has 1 unspecified atom stereocenters. The van der Waals surface area contributed by atoms with Gasteiger partial charge in [0.05, 0.1) is 25.0 Å². The number of thioether (sulfide) groups is 1. The lowest BCUT2D eigenvalue weighted by atomic mass is 10.0. The molecule has 27 heavy (non-hydrogen) atoms. The summed E-state index contributed by atoms with van der Waals surface area (Å²) in [5.74, 6) is 2.23. The van der Waals surface area contributed by atoms with Crippen LogP contribution in [0.2, 0.25) is 0 Å². The summed E-state index contributed by atoms with van der Waals surface area (Å²) >= 11 is 5.13. The number of carbonyl (C=O) groups excluding carboxylic acids is 1. The molecular weight excluding hydrogens is 426 g/mol. The summed E-state index contributed by atoms with van der Waals surface area (Å²) in [5.41, 5.74) is 1.14. The Labute approximate surface area is 172 Å². The number of likely N-dealkylation sites (tertiary alicyclic amines) is 1. The first-order valence-corrected chi connectivity index (χ1v) is 11.1. The van der Waals surface area contributed by atoms with Crippen molar-refractivity contribution in [2.75, 3.05) is 25.5 Å². The Bertz CT molecular complexity index is 829. The minimum absolute atomic E-state index is 0.120. The minimum Gasteiger partial charge on any atom is -0.490 e. The van der Waals surface area contributed by atoms with Gasteiger partial charge in [-0.15, -0.1) is 11.8 Å². The van der Waals surface area contributed by atoms with Gasteiger partial charge in [0.1, 0.15) is 0 Å². The van der Waals surface area contributed by atoms with E-state index in [4.69, 9.17) is 9.47 Å². The van der Waals surface area contributed by atoms with Gasteiger partial charge >= 0.3 is 0 Å². The van der Waals surface area contributed by atoms with Crippen molar-refractivity contribution in [1.29, 1.82) is 0 Å². The number of carbonyl (C=O) groups is 1. The van der Waals surface area contributed by atoms with Crippen LogP contribution < -0.4 is 9.47 Å². The Morgan fingerprint density at radius 1 is 1.11 bits per heavy atom. The highest BCUT2D eigenvalue weighted by Crippen LogP contribution is 2.38. The molecule has 1 fully saturated rings. The highest BCUT2D eigenvalue weighted by atomic mass is 79.9. The van der Waals surface area contributed by atoms with Crippen LogP contribution in [-0.4, -0.2) is 36.3 Å². The van der Waals surface area contributed by atoms with Crippen LogP contribution in [0.1, 0.15) is 30.9 Å². The molecule has 2 heterocycles. The fraction of sp³-hybridized carbons (Fsp3) is 0.381. The van der Waals surface area contributed by atoms with Crippen LogP contribution >= 0.6 is 27.7 Å². The fourth-order valence-corrected chi connectivity index (χ4v) is 5.04. The molecule has 0 aromatic heterocycles. The van der Waals surface area contributed by atoms with E-state index in [1.54, 1.807) is 11.8 Å². The second-order valence-electron chi connectivity index (χ2n) is 6.72. The van der Waals surface area contributed by atoms with E-state index in [-0.39, 0.29) is 11.9 Å². The second-order valence-corrected chi connectivity index (χ2v) is 8.59. The maximum Gasteiger partial charge on any atom is 0.233 e. The number of rotatable bonds is 4. The standard InChI is InChI=1S/C21H22BrNO3S/c22-16-5-1-2-7-20(16)27-14-21(24)23-10-3-6-17(23)15-8-9-18-19(13-15)26-12-4-11-25-18/h1-2,5,7-9,13,17H,3-4,6,10-12,14H2. The molecule has 4 rings (SSSR count). The zero-order valence-corrected chi connectivity index (χ0v) is 17.4. The monoisotopic (exact) mass is 447 g/mol. The predicted molar refractivity (Wildman–Crippen MR) is 111 cm³/mol. The van der Waals surface area contributed by atoms with E-state index in [0.29, 0.717) is 19.0 Å². The van der Waals surface area contributed by atoms with Crippen molar-refractivity contribution in [3.05, 3.63) is 52.5 Å². The van der Waals surface area contributed by atoms with Crippen LogP contribution in [0.5, 0.6) is 11.5 Å². The van der Waals surface area contributed by atoms with Crippen molar-refractivity contribution >= 4 is 33.6 Å². The quantitative estimate of drug-likeness (QED) is 0.613. The maximum absolute atomic E-state index is 12.9. The molecule has 0 aliphatic carbocycles. The number of fused-ring (bicyclic) bond motifs is 1. The first kappa shape index (κ1) is 18.7. The van der Waals surface area contributed by atoms with Gasteiger partial charge in [0.15, 0.2) is 11.5 Å². The van der Waals surface area contributed by atoms with Crippen molar-refractivity contribution in [2.45, 2.75) is 30.2 Å². The molecule has 0 radical (unpaired) electrons. The lowest BCUT2D eigenvalue weighted by molar-refractivity contribution is -0.129. The van der Waals surface area contributed by atoms with E-state index >= 15 is 0 Å². The first-order chi connectivity index (χ1) is 13.2. The molecule has 2 aliphatic rings. The Balaban J connectivity index is 1.46. The fourth-order valence-electron chi connectivity index (χ4n) is 3.58. The second kappa shape index (κ2) is 8.57. The Kier molecular flexibility index (Phi) is 5.93. The van der Waals surface area contributed by atoms with Crippen LogP contribution in [0, 0.1) is 0 Å². The highest BCUT2D eigenvalue weighted by molar-refractivity contribution is 9.10. The molecule has 0 N–H and O–H groups in total. The van der Waals surface area contributed by atoms with Gasteiger partial charge in [-0.25, -0.2) is 0 Å². The van der Waals surface area contributed by atoms with E-state index in [0.717, 1.165) is 52.2 Å². The number of benzene rings is 2. The molecule has 6 heteroatoms. The third-order valence-corrected chi connectivity index (χ3v) is 6.93. The molecule has 1 amide bonds. The predicted octanol–water partition coefficient (Wildman–Crippen LogP) is 5.07. The molecule has 0 saturated carbocycles. The number of halogens is 1. The number of amides is 1. The number of ether oxygens (including phenoxy) is 2. The first-order valence-electron chi connectivity index (χ1n) is 9.29. The lowest BCUT2D eigenvalue weighted by Gasteiger charge is -2.25. The Morgan fingerprint density at radius 3 is 2.78 bits per heavy atom. The normalized spacial score (nSPS) is 19.0. The SMILES string of the molecule is O=C(CSc1ccccc1Br)N1CCCC1c1ccc2c(c1)OCCCO2. The third kappa shape index (κ3) is 4.27.